The number of esters is 7. The molecule has 1 N–H and O–H groups in total. The summed E-state index contributed by atoms with van der Waals surface area (Å²) >= 11 is 0. The highest BCUT2D eigenvalue weighted by Gasteiger charge is 2.63. The number of aliphatic hydroxyl groups is 1. The smallest absolute Gasteiger partial charge is 0.366 e. The van der Waals surface area contributed by atoms with Gasteiger partial charge in [-0.3, -0.25) is 33.7 Å². The van der Waals surface area contributed by atoms with Gasteiger partial charge in [-0.2, -0.15) is 0 Å². The van der Waals surface area contributed by atoms with Crippen molar-refractivity contribution in [1.29, 1.82) is 0 Å². The van der Waals surface area contributed by atoms with Crippen LogP contribution in [0.3, 0.4) is 0 Å². The lowest BCUT2D eigenvalue weighted by molar-refractivity contribution is -0.340. The maximum atomic E-state index is 14.4. The van der Waals surface area contributed by atoms with E-state index in [1.54, 1.807) is 36.4 Å². The number of ether oxygens (including phenoxy) is 11. The second-order valence-corrected chi connectivity index (χ2v) is 16.2. The molecule has 0 radical (unpaired) electrons. The van der Waals surface area contributed by atoms with Gasteiger partial charge in [-0.1, -0.05) is 54.6 Å². The Morgan fingerprint density at radius 3 is 1.82 bits per heavy atom. The maximum absolute atomic E-state index is 14.4. The van der Waals surface area contributed by atoms with Gasteiger partial charge in [0, 0.05) is 27.7 Å². The molecule has 11 atom stereocenters. The number of carbonyl (C=O) groups excluding carboxylic acids is 9. The van der Waals surface area contributed by atoms with Crippen molar-refractivity contribution in [3.05, 3.63) is 120 Å². The number of benzene rings is 3. The zero-order valence-corrected chi connectivity index (χ0v) is 39.0. The van der Waals surface area contributed by atoms with Crippen molar-refractivity contribution in [2.45, 2.75) is 101 Å². The van der Waals surface area contributed by atoms with Crippen LogP contribution in [-0.4, -0.2) is 157 Å². The Kier molecular flexibility index (Phi) is 17.5. The number of fused-ring (bicyclic) bond motifs is 1. The molecule has 3 aromatic rings. The number of imide groups is 1. The average molecular weight is 990 g/mol. The molecule has 22 nitrogen and oxygen atoms in total. The van der Waals surface area contributed by atoms with Gasteiger partial charge in [-0.05, 0) is 36.4 Å². The summed E-state index contributed by atoms with van der Waals surface area (Å²) in [5.74, 6) is -12.0. The molecule has 2 saturated heterocycles. The van der Waals surface area contributed by atoms with Gasteiger partial charge >= 0.3 is 41.8 Å². The molecule has 0 saturated carbocycles. The van der Waals surface area contributed by atoms with Crippen LogP contribution in [0.25, 0.3) is 0 Å². The Bertz CT molecular complexity index is 2450. The number of methoxy groups -OCH3 is 1. The third-order valence-electron chi connectivity index (χ3n) is 11.2. The second kappa shape index (κ2) is 23.5. The highest BCUT2D eigenvalue weighted by atomic mass is 16.8. The number of amides is 2. The monoisotopic (exact) mass is 989 g/mol. The number of hydrogen-bond acceptors (Lipinski definition) is 21. The minimum Gasteiger partial charge on any atom is -0.465 e. The van der Waals surface area contributed by atoms with Crippen molar-refractivity contribution < 1.29 is 100 Å². The molecule has 0 spiro atoms. The molecule has 2 fully saturated rings. The van der Waals surface area contributed by atoms with Gasteiger partial charge in [0.25, 0.3) is 17.6 Å². The first-order valence-corrected chi connectivity index (χ1v) is 22.0. The maximum Gasteiger partial charge on any atom is 0.366 e. The van der Waals surface area contributed by atoms with Crippen LogP contribution in [0.15, 0.2) is 97.6 Å². The minimum atomic E-state index is -2.87. The molecule has 0 bridgehead atoms. The lowest BCUT2D eigenvalue weighted by Gasteiger charge is -2.50. The van der Waals surface area contributed by atoms with Gasteiger partial charge in [-0.25, -0.2) is 14.4 Å². The van der Waals surface area contributed by atoms with Crippen LogP contribution in [0.5, 0.6) is 0 Å². The van der Waals surface area contributed by atoms with Crippen molar-refractivity contribution >= 4 is 53.6 Å². The number of hydrogen-bond donors (Lipinski definition) is 1. The molecule has 2 amide bonds. The molecule has 71 heavy (non-hydrogen) atoms. The summed E-state index contributed by atoms with van der Waals surface area (Å²) in [7, 11) is 0.921. The van der Waals surface area contributed by atoms with Crippen LogP contribution in [0, 0.1) is 0 Å². The SMILES string of the molecule is C=CCO[C@H]1O[C@H](CO[C@]2(C(=O)OC)C[C@H](OC(C)=O)[C@@H](N3C(=O)c4ccccc4C3=O)[C@H]([C@H](OC(C)=O)[C@@H](COC(C)=O)OC(C)=O)O2)[C@H](O)[C@H](OC(=O)c2ccccc2)[C@H]1OC(=O)c1ccccc1. The summed E-state index contributed by atoms with van der Waals surface area (Å²) < 4.78 is 63.8. The first kappa shape index (κ1) is 53.0. The largest absolute Gasteiger partial charge is 0.465 e. The Hall–Kier alpha value is -7.37. The van der Waals surface area contributed by atoms with Crippen molar-refractivity contribution in [2.75, 3.05) is 26.9 Å². The van der Waals surface area contributed by atoms with E-state index in [1.807, 2.05) is 0 Å². The molecule has 3 heterocycles. The number of nitrogens with zero attached hydrogens (tertiary/aromatic N) is 1. The van der Waals surface area contributed by atoms with E-state index in [1.165, 1.54) is 54.6 Å². The van der Waals surface area contributed by atoms with Crippen LogP contribution >= 0.6 is 0 Å². The van der Waals surface area contributed by atoms with Crippen LogP contribution in [0.2, 0.25) is 0 Å². The van der Waals surface area contributed by atoms with E-state index in [9.17, 15) is 48.3 Å². The van der Waals surface area contributed by atoms with E-state index in [0.717, 1.165) is 34.8 Å². The van der Waals surface area contributed by atoms with Crippen molar-refractivity contribution in [2.24, 2.45) is 0 Å². The first-order valence-electron chi connectivity index (χ1n) is 22.0. The predicted molar refractivity (Wildman–Crippen MR) is 236 cm³/mol. The van der Waals surface area contributed by atoms with E-state index in [2.05, 4.69) is 6.58 Å². The summed E-state index contributed by atoms with van der Waals surface area (Å²) in [5.41, 5.74) is -0.0726. The summed E-state index contributed by atoms with van der Waals surface area (Å²) in [6.07, 6.45) is -16.2. The van der Waals surface area contributed by atoms with E-state index < -0.39 is 140 Å². The lowest BCUT2D eigenvalue weighted by atomic mass is 9.86. The number of carbonyl (C=O) groups is 9. The van der Waals surface area contributed by atoms with E-state index in [-0.39, 0.29) is 28.9 Å². The molecule has 22 heteroatoms. The van der Waals surface area contributed by atoms with Gasteiger partial charge in [-0.15, -0.1) is 6.58 Å². The Morgan fingerprint density at radius 1 is 0.761 bits per heavy atom. The summed E-state index contributed by atoms with van der Waals surface area (Å²) in [5, 5.41) is 12.1. The van der Waals surface area contributed by atoms with Crippen molar-refractivity contribution in [3.63, 3.8) is 0 Å². The second-order valence-electron chi connectivity index (χ2n) is 16.2. The Labute approximate surface area is 405 Å². The fourth-order valence-corrected chi connectivity index (χ4v) is 8.24. The van der Waals surface area contributed by atoms with Gasteiger partial charge in [0.05, 0.1) is 49.0 Å². The molecule has 0 aliphatic carbocycles. The lowest BCUT2D eigenvalue weighted by Crippen LogP contribution is -2.70. The van der Waals surface area contributed by atoms with Crippen molar-refractivity contribution in [1.82, 2.24) is 4.90 Å². The number of rotatable bonds is 19. The third kappa shape index (κ3) is 12.3. The Morgan fingerprint density at radius 2 is 1.31 bits per heavy atom. The van der Waals surface area contributed by atoms with E-state index in [4.69, 9.17) is 52.1 Å². The molecule has 3 aromatic carbocycles. The van der Waals surface area contributed by atoms with Crippen LogP contribution < -0.4 is 0 Å². The quantitative estimate of drug-likeness (QED) is 0.0781. The molecule has 3 aliphatic heterocycles. The van der Waals surface area contributed by atoms with Gasteiger partial charge in [0.15, 0.2) is 30.7 Å². The highest BCUT2D eigenvalue weighted by molar-refractivity contribution is 6.21. The minimum absolute atomic E-state index is 0.0363. The van der Waals surface area contributed by atoms with Crippen molar-refractivity contribution in [3.8, 4) is 0 Å². The molecule has 3 aliphatic rings. The van der Waals surface area contributed by atoms with Gasteiger partial charge in [0.2, 0.25) is 0 Å². The van der Waals surface area contributed by atoms with E-state index in [0.29, 0.717) is 4.90 Å². The van der Waals surface area contributed by atoms with Crippen LogP contribution in [0.1, 0.15) is 75.5 Å². The molecular weight excluding hydrogens is 939 g/mol. The molecule has 0 unspecified atom stereocenters. The molecule has 378 valence electrons. The summed E-state index contributed by atoms with van der Waals surface area (Å²) in [6, 6.07) is 19.1. The summed E-state index contributed by atoms with van der Waals surface area (Å²) in [6.45, 7) is 5.53. The standard InChI is InChI=1S/C49H51NO21/c1-7-22-62-47-42(70-46(59)31-18-12-9-13-19-31)41(69-45(58)30-16-10-8-11-17-30)38(55)35(68-47)25-64-49(48(60)61-6)23-34(65-27(3)52)37(50-43(56)32-20-14-15-21-33(32)44(50)57)40(71-49)39(67-29(5)54)36(66-28(4)53)24-63-26(2)51/h7-21,34-42,47,55H,1,22-25H2,2-6H3/t34-,35+,36+,37+,38-,39+,40+,41-,42+,47-,49+/m0/s1. The fraction of sp³-hybridized carbons (Fsp3) is 0.408. The normalized spacial score (nSPS) is 25.6. The van der Waals surface area contributed by atoms with Crippen LogP contribution in [-0.2, 0) is 76.1 Å². The third-order valence-corrected chi connectivity index (χ3v) is 11.2. The summed E-state index contributed by atoms with van der Waals surface area (Å²) in [4.78, 5) is 122. The molecular formula is C49H51NO21. The molecule has 0 aromatic heterocycles. The van der Waals surface area contributed by atoms with Gasteiger partial charge < -0.3 is 57.2 Å². The highest BCUT2D eigenvalue weighted by Crippen LogP contribution is 2.42. The zero-order valence-electron chi connectivity index (χ0n) is 39.0. The zero-order chi connectivity index (χ0) is 51.6. The number of aliphatic hydroxyl groups excluding tert-OH is 1. The van der Waals surface area contributed by atoms with Crippen LogP contribution in [0.4, 0.5) is 0 Å². The van der Waals surface area contributed by atoms with E-state index >= 15 is 0 Å². The van der Waals surface area contributed by atoms with Gasteiger partial charge in [0.1, 0.15) is 37.1 Å². The fourth-order valence-electron chi connectivity index (χ4n) is 8.24. The first-order chi connectivity index (χ1) is 33.9. The molecule has 6 rings (SSSR count). The predicted octanol–water partition coefficient (Wildman–Crippen LogP) is 2.42. The topological polar surface area (TPSA) is 279 Å². The Balaban J connectivity index is 1.46. The average Bonchev–Trinajstić information content (AvgIpc) is 3.59.